The quantitative estimate of drug-likeness (QED) is 0.923. The molecule has 0 heterocycles. The van der Waals surface area contributed by atoms with E-state index in [4.69, 9.17) is 0 Å². The normalized spacial score (nSPS) is 12.0. The summed E-state index contributed by atoms with van der Waals surface area (Å²) in [5.41, 5.74) is 0.455. The minimum absolute atomic E-state index is 0.0474. The molecule has 0 aliphatic rings. The van der Waals surface area contributed by atoms with Gasteiger partial charge in [-0.25, -0.2) is 12.7 Å². The Morgan fingerprint density at radius 1 is 1.08 bits per heavy atom. The fourth-order valence-electron chi connectivity index (χ4n) is 2.43. The molecule has 0 atom stereocenters. The molecule has 0 saturated heterocycles. The molecule has 24 heavy (non-hydrogen) atoms. The highest BCUT2D eigenvalue weighted by Crippen LogP contribution is 2.30. The monoisotopic (exact) mass is 347 g/mol. The van der Waals surface area contributed by atoms with Gasteiger partial charge in [-0.15, -0.1) is 0 Å². The minimum Gasteiger partial charge on any atom is -0.386 e. The fraction of sp³-hybridized carbons (Fsp3) is 0.278. The molecule has 2 aromatic carbocycles. The van der Waals surface area contributed by atoms with Crippen LogP contribution in [-0.4, -0.2) is 19.4 Å². The third kappa shape index (κ3) is 3.49. The van der Waals surface area contributed by atoms with Gasteiger partial charge in [-0.2, -0.15) is 0 Å². The van der Waals surface area contributed by atoms with Gasteiger partial charge in [0.15, 0.2) is 0 Å². The van der Waals surface area contributed by atoms with E-state index in [0.29, 0.717) is 11.1 Å². The zero-order valence-electron chi connectivity index (χ0n) is 14.1. The molecule has 2 rings (SSSR count). The van der Waals surface area contributed by atoms with E-state index in [1.807, 2.05) is 0 Å². The molecule has 0 saturated carbocycles. The van der Waals surface area contributed by atoms with Gasteiger partial charge in [0.25, 0.3) is 10.0 Å². The Morgan fingerprint density at radius 3 is 2.12 bits per heavy atom. The van der Waals surface area contributed by atoms with Crippen molar-refractivity contribution in [1.82, 2.24) is 0 Å². The van der Waals surface area contributed by atoms with E-state index in [9.17, 15) is 18.3 Å². The highest BCUT2D eigenvalue weighted by Gasteiger charge is 2.30. The maximum absolute atomic E-state index is 12.9. The number of benzene rings is 2. The Labute approximate surface area is 142 Å². The Morgan fingerprint density at radius 2 is 1.67 bits per heavy atom. The lowest BCUT2D eigenvalue weighted by molar-refractivity contribution is -0.115. The van der Waals surface area contributed by atoms with Crippen molar-refractivity contribution >= 4 is 21.6 Å². The van der Waals surface area contributed by atoms with Crippen LogP contribution in [0.4, 0.5) is 5.69 Å². The summed E-state index contributed by atoms with van der Waals surface area (Å²) in [5, 5.41) is 10.1. The van der Waals surface area contributed by atoms with Crippen molar-refractivity contribution in [3.8, 4) is 0 Å². The van der Waals surface area contributed by atoms with Crippen LogP contribution in [0.1, 0.15) is 31.9 Å². The number of rotatable bonds is 4. The SMILES string of the molecule is CC(=O)N(c1ccc(C(C)(C)O)cc1C)S(=O)(=O)c1ccccc1. The molecule has 1 amide bonds. The average molecular weight is 347 g/mol. The standard InChI is InChI=1S/C18H21NO4S/c1-13-12-15(18(3,4)21)10-11-17(13)19(14(2)20)24(22,23)16-8-6-5-7-9-16/h5-12,21H,1-4H3. The second-order valence-corrected chi connectivity index (χ2v) is 7.95. The number of aliphatic hydroxyl groups is 1. The molecular weight excluding hydrogens is 326 g/mol. The van der Waals surface area contributed by atoms with Crippen LogP contribution in [-0.2, 0) is 20.4 Å². The lowest BCUT2D eigenvalue weighted by Crippen LogP contribution is -2.35. The zero-order valence-corrected chi connectivity index (χ0v) is 15.0. The van der Waals surface area contributed by atoms with Crippen molar-refractivity contribution in [2.75, 3.05) is 4.31 Å². The van der Waals surface area contributed by atoms with Crippen LogP contribution in [0.15, 0.2) is 53.4 Å². The molecule has 0 unspecified atom stereocenters. The first-order chi connectivity index (χ1) is 11.0. The summed E-state index contributed by atoms with van der Waals surface area (Å²) in [6, 6.07) is 12.7. The van der Waals surface area contributed by atoms with Gasteiger partial charge in [0.2, 0.25) is 5.91 Å². The van der Waals surface area contributed by atoms with E-state index in [-0.39, 0.29) is 10.6 Å². The number of amides is 1. The lowest BCUT2D eigenvalue weighted by atomic mass is 9.96. The number of anilines is 1. The fourth-order valence-corrected chi connectivity index (χ4v) is 3.94. The maximum atomic E-state index is 12.9. The molecule has 2 aromatic rings. The molecule has 0 radical (unpaired) electrons. The van der Waals surface area contributed by atoms with Crippen molar-refractivity contribution in [1.29, 1.82) is 0 Å². The maximum Gasteiger partial charge on any atom is 0.270 e. The largest absolute Gasteiger partial charge is 0.386 e. The van der Waals surface area contributed by atoms with Crippen LogP contribution in [0.2, 0.25) is 0 Å². The van der Waals surface area contributed by atoms with Crippen molar-refractivity contribution in [2.45, 2.75) is 38.2 Å². The summed E-state index contributed by atoms with van der Waals surface area (Å²) in [6.45, 7) is 6.21. The van der Waals surface area contributed by atoms with E-state index in [1.165, 1.54) is 19.1 Å². The van der Waals surface area contributed by atoms with Gasteiger partial charge in [0.05, 0.1) is 16.2 Å². The smallest absolute Gasteiger partial charge is 0.270 e. The van der Waals surface area contributed by atoms with Crippen LogP contribution in [0.3, 0.4) is 0 Å². The molecular formula is C18H21NO4S. The van der Waals surface area contributed by atoms with Gasteiger partial charge in [-0.3, -0.25) is 4.79 Å². The Bertz CT molecular complexity index is 852. The predicted octanol–water partition coefficient (Wildman–Crippen LogP) is 2.96. The van der Waals surface area contributed by atoms with Gasteiger partial charge in [0, 0.05) is 6.92 Å². The van der Waals surface area contributed by atoms with Gasteiger partial charge in [-0.05, 0) is 50.1 Å². The second-order valence-electron chi connectivity index (χ2n) is 6.16. The molecule has 128 valence electrons. The van der Waals surface area contributed by atoms with E-state index in [2.05, 4.69) is 0 Å². The van der Waals surface area contributed by atoms with Crippen LogP contribution in [0, 0.1) is 6.92 Å². The third-order valence-electron chi connectivity index (χ3n) is 3.69. The summed E-state index contributed by atoms with van der Waals surface area (Å²) >= 11 is 0. The highest BCUT2D eigenvalue weighted by molar-refractivity contribution is 7.93. The molecule has 5 nitrogen and oxygen atoms in total. The molecule has 0 fully saturated rings. The Kier molecular flexibility index (Phi) is 4.82. The number of nitrogens with zero attached hydrogens (tertiary/aromatic N) is 1. The number of hydrogen-bond donors (Lipinski definition) is 1. The molecule has 0 bridgehead atoms. The molecule has 1 N–H and O–H groups in total. The van der Waals surface area contributed by atoms with Crippen LogP contribution >= 0.6 is 0 Å². The summed E-state index contributed by atoms with van der Waals surface area (Å²) in [7, 11) is -4.00. The molecule has 0 aromatic heterocycles. The third-order valence-corrected chi connectivity index (χ3v) is 5.49. The van der Waals surface area contributed by atoms with E-state index >= 15 is 0 Å². The second kappa shape index (κ2) is 6.37. The van der Waals surface area contributed by atoms with Gasteiger partial charge < -0.3 is 5.11 Å². The zero-order chi connectivity index (χ0) is 18.1. The van der Waals surface area contributed by atoms with Crippen LogP contribution in [0.5, 0.6) is 0 Å². The Hall–Kier alpha value is -2.18. The number of sulfonamides is 1. The first-order valence-corrected chi connectivity index (χ1v) is 8.93. The van der Waals surface area contributed by atoms with Crippen molar-refractivity contribution < 1.29 is 18.3 Å². The van der Waals surface area contributed by atoms with Gasteiger partial charge in [-0.1, -0.05) is 30.3 Å². The van der Waals surface area contributed by atoms with Crippen LogP contribution in [0.25, 0.3) is 0 Å². The molecule has 0 aliphatic carbocycles. The van der Waals surface area contributed by atoms with Crippen molar-refractivity contribution in [2.24, 2.45) is 0 Å². The number of carbonyl (C=O) groups excluding carboxylic acids is 1. The first-order valence-electron chi connectivity index (χ1n) is 7.49. The van der Waals surface area contributed by atoms with E-state index in [1.54, 1.807) is 57.2 Å². The van der Waals surface area contributed by atoms with Gasteiger partial charge >= 0.3 is 0 Å². The number of carbonyl (C=O) groups is 1. The topological polar surface area (TPSA) is 74.7 Å². The Balaban J connectivity index is 2.60. The van der Waals surface area contributed by atoms with Gasteiger partial charge in [0.1, 0.15) is 0 Å². The molecule has 0 aliphatic heterocycles. The summed E-state index contributed by atoms with van der Waals surface area (Å²) in [4.78, 5) is 12.1. The van der Waals surface area contributed by atoms with Crippen molar-refractivity contribution in [3.63, 3.8) is 0 Å². The number of hydrogen-bond acceptors (Lipinski definition) is 4. The van der Waals surface area contributed by atoms with Crippen molar-refractivity contribution in [3.05, 3.63) is 59.7 Å². The highest BCUT2D eigenvalue weighted by atomic mass is 32.2. The predicted molar refractivity (Wildman–Crippen MR) is 93.2 cm³/mol. The lowest BCUT2D eigenvalue weighted by Gasteiger charge is -2.25. The summed E-state index contributed by atoms with van der Waals surface area (Å²) < 4.78 is 26.5. The number of aryl methyl sites for hydroxylation is 1. The average Bonchev–Trinajstić information content (AvgIpc) is 2.48. The summed E-state index contributed by atoms with van der Waals surface area (Å²) in [5.74, 6) is -0.599. The van der Waals surface area contributed by atoms with E-state index < -0.39 is 21.5 Å². The summed E-state index contributed by atoms with van der Waals surface area (Å²) in [6.07, 6.45) is 0. The first kappa shape index (κ1) is 18.2. The molecule has 6 heteroatoms. The molecule has 0 spiro atoms. The van der Waals surface area contributed by atoms with Crippen LogP contribution < -0.4 is 4.31 Å². The van der Waals surface area contributed by atoms with E-state index in [0.717, 1.165) is 4.31 Å². The minimum atomic E-state index is -4.00.